The van der Waals surface area contributed by atoms with E-state index >= 15 is 0 Å². The summed E-state index contributed by atoms with van der Waals surface area (Å²) in [4.78, 5) is 23.5. The van der Waals surface area contributed by atoms with Crippen molar-refractivity contribution in [1.82, 2.24) is 9.78 Å². The van der Waals surface area contributed by atoms with Gasteiger partial charge in [0.25, 0.3) is 5.91 Å². The summed E-state index contributed by atoms with van der Waals surface area (Å²) in [5.41, 5.74) is 8.97. The number of aryl methyl sites for hydroxylation is 1. The molecule has 1 aliphatic rings. The van der Waals surface area contributed by atoms with Crippen LogP contribution in [0.5, 0.6) is 11.5 Å². The normalized spacial score (nSPS) is 15.3. The monoisotopic (exact) mass is 406 g/mol. The van der Waals surface area contributed by atoms with Gasteiger partial charge in [0.05, 0.1) is 19.0 Å². The minimum absolute atomic E-state index is 0.0885. The van der Waals surface area contributed by atoms with E-state index in [2.05, 4.69) is 10.4 Å². The Labute approximate surface area is 173 Å². The van der Waals surface area contributed by atoms with Gasteiger partial charge >= 0.3 is 0 Å². The summed E-state index contributed by atoms with van der Waals surface area (Å²) in [5, 5.41) is 7.46. The largest absolute Gasteiger partial charge is 0.493 e. The van der Waals surface area contributed by atoms with E-state index in [0.717, 1.165) is 22.4 Å². The summed E-state index contributed by atoms with van der Waals surface area (Å²) in [6.07, 6.45) is 2.07. The van der Waals surface area contributed by atoms with Crippen LogP contribution in [0.25, 0.3) is 5.69 Å². The van der Waals surface area contributed by atoms with E-state index in [4.69, 9.17) is 15.2 Å². The van der Waals surface area contributed by atoms with E-state index in [1.54, 1.807) is 16.9 Å². The molecule has 0 saturated carbocycles. The van der Waals surface area contributed by atoms with Crippen LogP contribution in [0.1, 0.15) is 29.0 Å². The van der Waals surface area contributed by atoms with Crippen molar-refractivity contribution in [2.24, 2.45) is 5.73 Å². The van der Waals surface area contributed by atoms with Gasteiger partial charge in [-0.1, -0.05) is 23.8 Å². The molecule has 0 aliphatic carbocycles. The molecule has 8 heteroatoms. The van der Waals surface area contributed by atoms with Gasteiger partial charge in [-0.3, -0.25) is 9.59 Å². The molecule has 1 atom stereocenters. The van der Waals surface area contributed by atoms with Crippen LogP contribution in [0.4, 0.5) is 5.82 Å². The maximum Gasteiger partial charge on any atom is 0.255 e. The van der Waals surface area contributed by atoms with Crippen LogP contribution in [-0.4, -0.2) is 35.3 Å². The zero-order valence-electron chi connectivity index (χ0n) is 16.7. The molecule has 3 N–H and O–H groups in total. The number of anilines is 1. The standard InChI is InChI=1S/C22H22N4O4/c1-13-3-6-15(7-4-13)26-22-17(11-24-26)16(10-21(28)25-22)14-5-8-18(19(9-14)29-2)30-12-20(23)27/h3-9,11,16H,10,12H2,1-2H3,(H2,23,27)(H,25,28)/t16-/m0/s1. The number of nitrogens with zero attached hydrogens (tertiary/aromatic N) is 2. The van der Waals surface area contributed by atoms with E-state index in [1.807, 2.05) is 43.3 Å². The maximum absolute atomic E-state index is 12.5. The summed E-state index contributed by atoms with van der Waals surface area (Å²) >= 11 is 0. The number of amides is 2. The number of aromatic nitrogens is 2. The Morgan fingerprint density at radius 3 is 2.70 bits per heavy atom. The highest BCUT2D eigenvalue weighted by Crippen LogP contribution is 2.40. The van der Waals surface area contributed by atoms with Crippen molar-refractivity contribution in [1.29, 1.82) is 0 Å². The number of hydrogen-bond donors (Lipinski definition) is 2. The van der Waals surface area contributed by atoms with Crippen LogP contribution >= 0.6 is 0 Å². The third-order valence-electron chi connectivity index (χ3n) is 5.06. The van der Waals surface area contributed by atoms with Crippen molar-refractivity contribution < 1.29 is 19.1 Å². The predicted octanol–water partition coefficient (Wildman–Crippen LogP) is 2.53. The highest BCUT2D eigenvalue weighted by molar-refractivity contribution is 5.94. The second kappa shape index (κ2) is 7.90. The van der Waals surface area contributed by atoms with Crippen molar-refractivity contribution in [2.75, 3.05) is 19.0 Å². The first-order chi connectivity index (χ1) is 14.5. The second-order valence-electron chi connectivity index (χ2n) is 7.17. The molecule has 0 radical (unpaired) electrons. The van der Waals surface area contributed by atoms with Crippen LogP contribution in [0.15, 0.2) is 48.7 Å². The van der Waals surface area contributed by atoms with Gasteiger partial charge in [-0.15, -0.1) is 0 Å². The molecule has 154 valence electrons. The van der Waals surface area contributed by atoms with Crippen LogP contribution < -0.4 is 20.5 Å². The molecule has 2 heterocycles. The Morgan fingerprint density at radius 1 is 1.23 bits per heavy atom. The number of methoxy groups -OCH3 is 1. The fourth-order valence-corrected chi connectivity index (χ4v) is 3.57. The zero-order chi connectivity index (χ0) is 21.3. The highest BCUT2D eigenvalue weighted by atomic mass is 16.5. The van der Waals surface area contributed by atoms with Crippen molar-refractivity contribution >= 4 is 17.6 Å². The lowest BCUT2D eigenvalue weighted by atomic mass is 9.87. The smallest absolute Gasteiger partial charge is 0.255 e. The zero-order valence-corrected chi connectivity index (χ0v) is 16.7. The molecule has 30 heavy (non-hydrogen) atoms. The van der Waals surface area contributed by atoms with Gasteiger partial charge in [0.2, 0.25) is 5.91 Å². The molecule has 3 aromatic rings. The molecule has 1 aliphatic heterocycles. The summed E-state index contributed by atoms with van der Waals surface area (Å²) in [7, 11) is 1.52. The lowest BCUT2D eigenvalue weighted by Crippen LogP contribution is -2.24. The van der Waals surface area contributed by atoms with Gasteiger partial charge in [0.15, 0.2) is 18.1 Å². The highest BCUT2D eigenvalue weighted by Gasteiger charge is 2.31. The minimum Gasteiger partial charge on any atom is -0.493 e. The number of fused-ring (bicyclic) bond motifs is 1. The predicted molar refractivity (Wildman–Crippen MR) is 111 cm³/mol. The van der Waals surface area contributed by atoms with E-state index in [0.29, 0.717) is 17.3 Å². The first kappa shape index (κ1) is 19.5. The number of benzene rings is 2. The number of carbonyl (C=O) groups excluding carboxylic acids is 2. The fourth-order valence-electron chi connectivity index (χ4n) is 3.57. The number of ether oxygens (including phenoxy) is 2. The van der Waals surface area contributed by atoms with E-state index in [9.17, 15) is 9.59 Å². The van der Waals surface area contributed by atoms with Crippen LogP contribution in [-0.2, 0) is 9.59 Å². The molecular formula is C22H22N4O4. The van der Waals surface area contributed by atoms with Gasteiger partial charge in [-0.25, -0.2) is 4.68 Å². The molecule has 0 saturated heterocycles. The third kappa shape index (κ3) is 3.71. The molecule has 4 rings (SSSR count). The SMILES string of the molecule is COc1cc([C@@H]2CC(=O)Nc3c2cnn3-c2ccc(C)cc2)ccc1OCC(N)=O. The van der Waals surface area contributed by atoms with Crippen molar-refractivity contribution in [2.45, 2.75) is 19.3 Å². The lowest BCUT2D eigenvalue weighted by molar-refractivity contribution is -0.120. The molecule has 0 fully saturated rings. The quantitative estimate of drug-likeness (QED) is 0.654. The average molecular weight is 406 g/mol. The van der Waals surface area contributed by atoms with Gasteiger partial charge in [-0.05, 0) is 36.8 Å². The maximum atomic E-state index is 12.5. The molecule has 2 amide bonds. The Kier molecular flexibility index (Phi) is 5.14. The number of nitrogens with two attached hydrogens (primary N) is 1. The number of nitrogens with one attached hydrogen (secondary N) is 1. The molecule has 1 aromatic heterocycles. The third-order valence-corrected chi connectivity index (χ3v) is 5.06. The average Bonchev–Trinajstić information content (AvgIpc) is 3.15. The summed E-state index contributed by atoms with van der Waals surface area (Å²) < 4.78 is 12.5. The van der Waals surface area contributed by atoms with Gasteiger partial charge < -0.3 is 20.5 Å². The lowest BCUT2D eigenvalue weighted by Gasteiger charge is -2.24. The van der Waals surface area contributed by atoms with Gasteiger partial charge in [0, 0.05) is 17.9 Å². The molecular weight excluding hydrogens is 384 g/mol. The Balaban J connectivity index is 1.71. The van der Waals surface area contributed by atoms with E-state index in [-0.39, 0.29) is 24.9 Å². The molecule has 2 aromatic carbocycles. The van der Waals surface area contributed by atoms with E-state index < -0.39 is 5.91 Å². The first-order valence-corrected chi connectivity index (χ1v) is 9.50. The topological polar surface area (TPSA) is 108 Å². The van der Waals surface area contributed by atoms with Crippen LogP contribution in [0.2, 0.25) is 0 Å². The Hall–Kier alpha value is -3.81. The van der Waals surface area contributed by atoms with Crippen molar-refractivity contribution in [3.05, 3.63) is 65.4 Å². The van der Waals surface area contributed by atoms with Crippen LogP contribution in [0, 0.1) is 6.92 Å². The summed E-state index contributed by atoms with van der Waals surface area (Å²) in [5.74, 6) is 0.691. The Bertz CT molecular complexity index is 1100. The molecule has 8 nitrogen and oxygen atoms in total. The number of primary amides is 1. The summed E-state index contributed by atoms with van der Waals surface area (Å²) in [6.45, 7) is 1.78. The van der Waals surface area contributed by atoms with Gasteiger partial charge in [-0.2, -0.15) is 5.10 Å². The molecule has 0 spiro atoms. The first-order valence-electron chi connectivity index (χ1n) is 9.50. The van der Waals surface area contributed by atoms with Gasteiger partial charge in [0.1, 0.15) is 5.82 Å². The number of carbonyl (C=O) groups is 2. The number of rotatable bonds is 6. The summed E-state index contributed by atoms with van der Waals surface area (Å²) in [6, 6.07) is 13.3. The van der Waals surface area contributed by atoms with E-state index in [1.165, 1.54) is 7.11 Å². The molecule has 0 unspecified atom stereocenters. The second-order valence-corrected chi connectivity index (χ2v) is 7.17. The fraction of sp³-hybridized carbons (Fsp3) is 0.227. The van der Waals surface area contributed by atoms with Crippen molar-refractivity contribution in [3.8, 4) is 17.2 Å². The van der Waals surface area contributed by atoms with Crippen molar-refractivity contribution in [3.63, 3.8) is 0 Å². The minimum atomic E-state index is -0.571. The van der Waals surface area contributed by atoms with Crippen LogP contribution in [0.3, 0.4) is 0 Å². The number of hydrogen-bond acceptors (Lipinski definition) is 5. The molecule has 0 bridgehead atoms. The Morgan fingerprint density at radius 2 is 2.00 bits per heavy atom.